The van der Waals surface area contributed by atoms with Crippen molar-refractivity contribution in [1.29, 1.82) is 0 Å². The van der Waals surface area contributed by atoms with Crippen LogP contribution in [0.4, 0.5) is 0 Å². The summed E-state index contributed by atoms with van der Waals surface area (Å²) < 4.78 is 0. The van der Waals surface area contributed by atoms with Crippen molar-refractivity contribution in [3.05, 3.63) is 65.4 Å². The molecule has 0 aliphatic heterocycles. The fourth-order valence-corrected chi connectivity index (χ4v) is 3.50. The zero-order chi connectivity index (χ0) is 19.8. The number of nitrogens with zero attached hydrogens (tertiary/aromatic N) is 1. The topological polar surface area (TPSA) is 135 Å². The van der Waals surface area contributed by atoms with Crippen molar-refractivity contribution in [2.75, 3.05) is 0 Å². The molecule has 140 valence electrons. The van der Waals surface area contributed by atoms with Gasteiger partial charge in [-0.05, 0) is 17.5 Å². The van der Waals surface area contributed by atoms with Crippen molar-refractivity contribution in [3.8, 4) is 0 Å². The fraction of sp³-hybridized carbons (Fsp3) is 0.235. The predicted molar refractivity (Wildman–Crippen MR) is 105 cm³/mol. The molecule has 0 spiro atoms. The lowest BCUT2D eigenvalue weighted by atomic mass is 9.80. The average molecular weight is 386 g/mol. The second kappa shape index (κ2) is 7.14. The highest BCUT2D eigenvalue weighted by Gasteiger charge is 2.19. The van der Waals surface area contributed by atoms with E-state index in [2.05, 4.69) is 19.9 Å². The highest BCUT2D eigenvalue weighted by molar-refractivity contribution is 7.12. The van der Waals surface area contributed by atoms with E-state index >= 15 is 0 Å². The molecule has 5 N–H and O–H groups in total. The van der Waals surface area contributed by atoms with Crippen molar-refractivity contribution >= 4 is 36.1 Å². The SMILES string of the molecule is CC(C)(C)c1[nH]cnc1/C=c1\[nH]c(=O)/c(=C/c2sccc2B(O)O)[nH]c1=O. The van der Waals surface area contributed by atoms with Crippen LogP contribution in [0.5, 0.6) is 0 Å². The minimum absolute atomic E-state index is 0.0274. The van der Waals surface area contributed by atoms with Gasteiger partial charge in [0.25, 0.3) is 11.1 Å². The van der Waals surface area contributed by atoms with Crippen LogP contribution in [0.2, 0.25) is 0 Å². The Hall–Kier alpha value is -2.69. The van der Waals surface area contributed by atoms with Gasteiger partial charge in [-0.2, -0.15) is 0 Å². The Morgan fingerprint density at radius 3 is 2.33 bits per heavy atom. The molecule has 0 aliphatic carbocycles. The first kappa shape index (κ1) is 19.1. The monoisotopic (exact) mass is 386 g/mol. The van der Waals surface area contributed by atoms with Gasteiger partial charge in [-0.3, -0.25) is 9.59 Å². The highest BCUT2D eigenvalue weighted by Crippen LogP contribution is 2.22. The molecule has 0 unspecified atom stereocenters. The van der Waals surface area contributed by atoms with Gasteiger partial charge in [0, 0.05) is 21.4 Å². The smallest absolute Gasteiger partial charge is 0.423 e. The van der Waals surface area contributed by atoms with E-state index in [4.69, 9.17) is 0 Å². The Kier molecular flexibility index (Phi) is 5.05. The van der Waals surface area contributed by atoms with Crippen molar-refractivity contribution in [2.45, 2.75) is 26.2 Å². The number of nitrogens with one attached hydrogen (secondary N) is 3. The second-order valence-corrected chi connectivity index (χ2v) is 8.00. The lowest BCUT2D eigenvalue weighted by Crippen LogP contribution is -2.47. The molecule has 0 radical (unpaired) electrons. The number of thiophene rings is 1. The van der Waals surface area contributed by atoms with Crippen LogP contribution in [0.15, 0.2) is 27.4 Å². The maximum atomic E-state index is 12.4. The van der Waals surface area contributed by atoms with Crippen molar-refractivity contribution < 1.29 is 10.0 Å². The van der Waals surface area contributed by atoms with E-state index in [1.165, 1.54) is 23.5 Å². The molecule has 0 amide bonds. The van der Waals surface area contributed by atoms with Gasteiger partial charge in [0.1, 0.15) is 10.7 Å². The van der Waals surface area contributed by atoms with Crippen LogP contribution in [-0.4, -0.2) is 37.1 Å². The molecule has 0 aromatic carbocycles. The number of hydrogen-bond donors (Lipinski definition) is 5. The van der Waals surface area contributed by atoms with Crippen LogP contribution in [0.25, 0.3) is 12.2 Å². The molecule has 27 heavy (non-hydrogen) atoms. The number of H-pyrrole nitrogens is 3. The number of imidazole rings is 1. The minimum atomic E-state index is -1.66. The first-order valence-corrected chi connectivity index (χ1v) is 9.08. The molecular weight excluding hydrogens is 367 g/mol. The largest absolute Gasteiger partial charge is 0.489 e. The molecule has 3 heterocycles. The van der Waals surface area contributed by atoms with Crippen molar-refractivity contribution in [3.63, 3.8) is 0 Å². The van der Waals surface area contributed by atoms with Gasteiger partial charge < -0.3 is 25.0 Å². The zero-order valence-corrected chi connectivity index (χ0v) is 15.8. The summed E-state index contributed by atoms with van der Waals surface area (Å²) in [4.78, 5) is 37.7. The fourth-order valence-electron chi connectivity index (χ4n) is 2.64. The Morgan fingerprint density at radius 1 is 1.11 bits per heavy atom. The number of rotatable bonds is 3. The van der Waals surface area contributed by atoms with Gasteiger partial charge in [-0.1, -0.05) is 26.8 Å². The quantitative estimate of drug-likeness (QED) is 0.349. The minimum Gasteiger partial charge on any atom is -0.423 e. The molecule has 3 aromatic heterocycles. The molecular formula is C17H19BN4O4S. The van der Waals surface area contributed by atoms with Crippen LogP contribution in [-0.2, 0) is 5.41 Å². The first-order chi connectivity index (χ1) is 12.7. The van der Waals surface area contributed by atoms with Crippen LogP contribution in [0, 0.1) is 0 Å². The summed E-state index contributed by atoms with van der Waals surface area (Å²) in [7, 11) is -1.66. The standard InChI is InChI=1S/C17H19BN4O4S/c1-17(2,3)14-10(19-8-20-14)6-11-15(23)22-12(16(24)21-11)7-13-9(18(25)26)4-5-27-13/h4-8,25-26H,1-3H3,(H,19,20)(H,21,24)(H,22,23)/b11-6-,12-7-. The number of aromatic amines is 3. The first-order valence-electron chi connectivity index (χ1n) is 8.20. The van der Waals surface area contributed by atoms with Crippen LogP contribution in [0.3, 0.4) is 0 Å². The zero-order valence-electron chi connectivity index (χ0n) is 15.0. The molecule has 0 bridgehead atoms. The third-order valence-corrected chi connectivity index (χ3v) is 4.85. The van der Waals surface area contributed by atoms with Gasteiger partial charge >= 0.3 is 7.12 Å². The number of hydrogen-bond acceptors (Lipinski definition) is 6. The Balaban J connectivity index is 2.14. The lowest BCUT2D eigenvalue weighted by molar-refractivity contribution is 0.426. The summed E-state index contributed by atoms with van der Waals surface area (Å²) in [5, 5.41) is 20.5. The van der Waals surface area contributed by atoms with Gasteiger partial charge in [0.2, 0.25) is 0 Å². The van der Waals surface area contributed by atoms with E-state index in [-0.39, 0.29) is 21.6 Å². The summed E-state index contributed by atoms with van der Waals surface area (Å²) in [6.07, 6.45) is 4.48. The van der Waals surface area contributed by atoms with Gasteiger partial charge in [-0.15, -0.1) is 11.3 Å². The molecule has 0 atom stereocenters. The second-order valence-electron chi connectivity index (χ2n) is 7.05. The van der Waals surface area contributed by atoms with Crippen LogP contribution in [0.1, 0.15) is 37.0 Å². The average Bonchev–Trinajstić information content (AvgIpc) is 3.20. The van der Waals surface area contributed by atoms with E-state index in [1.54, 1.807) is 17.8 Å². The molecule has 10 heteroatoms. The van der Waals surface area contributed by atoms with E-state index in [0.717, 1.165) is 5.69 Å². The van der Waals surface area contributed by atoms with E-state index in [1.807, 2.05) is 20.8 Å². The Bertz CT molecular complexity index is 1200. The maximum absolute atomic E-state index is 12.4. The van der Waals surface area contributed by atoms with Crippen molar-refractivity contribution in [1.82, 2.24) is 19.9 Å². The molecule has 0 fully saturated rings. The maximum Gasteiger partial charge on any atom is 0.489 e. The van der Waals surface area contributed by atoms with Crippen LogP contribution < -0.4 is 27.3 Å². The molecule has 3 rings (SSSR count). The molecule has 0 saturated carbocycles. The molecule has 8 nitrogen and oxygen atoms in total. The normalized spacial score (nSPS) is 13.4. The van der Waals surface area contributed by atoms with E-state index in [9.17, 15) is 19.6 Å². The molecule has 0 aliphatic rings. The molecule has 3 aromatic rings. The van der Waals surface area contributed by atoms with E-state index < -0.39 is 18.2 Å². The Labute approximate surface area is 158 Å². The Morgan fingerprint density at radius 2 is 1.74 bits per heavy atom. The van der Waals surface area contributed by atoms with Gasteiger partial charge in [-0.25, -0.2) is 4.98 Å². The summed E-state index contributed by atoms with van der Waals surface area (Å²) in [5.74, 6) is 0. The van der Waals surface area contributed by atoms with E-state index in [0.29, 0.717) is 10.6 Å². The molecule has 0 saturated heterocycles. The summed E-state index contributed by atoms with van der Waals surface area (Å²) in [6.45, 7) is 6.03. The van der Waals surface area contributed by atoms with Crippen LogP contribution >= 0.6 is 11.3 Å². The lowest BCUT2D eigenvalue weighted by Gasteiger charge is -2.16. The third-order valence-electron chi connectivity index (χ3n) is 3.97. The number of aromatic nitrogens is 4. The highest BCUT2D eigenvalue weighted by atomic mass is 32.1. The predicted octanol–water partition coefficient (Wildman–Crippen LogP) is -1.52. The third kappa shape index (κ3) is 4.02. The summed E-state index contributed by atoms with van der Waals surface area (Å²) in [6, 6.07) is 1.54. The van der Waals surface area contributed by atoms with Crippen molar-refractivity contribution in [2.24, 2.45) is 0 Å². The summed E-state index contributed by atoms with van der Waals surface area (Å²) in [5.41, 5.74) is 0.501. The van der Waals surface area contributed by atoms with Gasteiger partial charge in [0.05, 0.1) is 12.0 Å². The van der Waals surface area contributed by atoms with Gasteiger partial charge in [0.15, 0.2) is 0 Å². The summed E-state index contributed by atoms with van der Waals surface area (Å²) >= 11 is 1.23.